The zero-order valence-electron chi connectivity index (χ0n) is 14.9. The maximum atomic E-state index is 12.3. The topological polar surface area (TPSA) is 70.2 Å². The number of fused-ring (bicyclic) bond motifs is 1. The highest BCUT2D eigenvalue weighted by Crippen LogP contribution is 2.29. The van der Waals surface area contributed by atoms with Gasteiger partial charge in [0.1, 0.15) is 11.3 Å². The number of hydrogen-bond donors (Lipinski definition) is 0. The first-order valence-electron chi connectivity index (χ1n) is 8.50. The number of benzene rings is 2. The number of carbonyl (C=O) groups excluding carboxylic acids is 1. The van der Waals surface area contributed by atoms with Gasteiger partial charge < -0.3 is 13.7 Å². The Morgan fingerprint density at radius 3 is 2.68 bits per heavy atom. The zero-order valence-corrected chi connectivity index (χ0v) is 16.4. The van der Waals surface area contributed by atoms with E-state index >= 15 is 0 Å². The van der Waals surface area contributed by atoms with Crippen LogP contribution >= 0.6 is 23.2 Å². The standard InChI is InChI=1S/C20H15Cl2N3O3/c1-25-6-5-23-18(25)4-7-27-20(26)12-2-3-16-17(10-12)28-19(24-16)13-8-14(21)11-15(22)9-13/h2-3,5-6,8-11H,4,7H2,1H3. The lowest BCUT2D eigenvalue weighted by atomic mass is 10.2. The van der Waals surface area contributed by atoms with Crippen LogP contribution in [0.1, 0.15) is 16.2 Å². The first kappa shape index (κ1) is 18.5. The Hall–Kier alpha value is -2.83. The largest absolute Gasteiger partial charge is 0.462 e. The summed E-state index contributed by atoms with van der Waals surface area (Å²) in [6.45, 7) is 0.240. The SMILES string of the molecule is Cn1ccnc1CCOC(=O)c1ccc2nc(-c3cc(Cl)cc(Cl)c3)oc2c1. The van der Waals surface area contributed by atoms with Gasteiger partial charge in [-0.1, -0.05) is 23.2 Å². The average molecular weight is 416 g/mol. The minimum absolute atomic E-state index is 0.240. The summed E-state index contributed by atoms with van der Waals surface area (Å²) in [5.74, 6) is 0.794. The molecule has 4 rings (SSSR count). The number of halogens is 2. The molecule has 142 valence electrons. The van der Waals surface area contributed by atoms with Crippen LogP contribution in [-0.4, -0.2) is 27.1 Å². The van der Waals surface area contributed by atoms with Gasteiger partial charge in [0.05, 0.1) is 12.2 Å². The molecule has 0 saturated heterocycles. The van der Waals surface area contributed by atoms with E-state index in [2.05, 4.69) is 9.97 Å². The van der Waals surface area contributed by atoms with Crippen molar-refractivity contribution in [2.24, 2.45) is 7.05 Å². The van der Waals surface area contributed by atoms with Crippen molar-refractivity contribution < 1.29 is 13.9 Å². The quantitative estimate of drug-likeness (QED) is 0.432. The van der Waals surface area contributed by atoms with E-state index in [-0.39, 0.29) is 6.61 Å². The summed E-state index contributed by atoms with van der Waals surface area (Å²) in [6.07, 6.45) is 4.10. The highest BCUT2D eigenvalue weighted by atomic mass is 35.5. The van der Waals surface area contributed by atoms with Gasteiger partial charge in [-0.2, -0.15) is 0 Å². The van der Waals surface area contributed by atoms with Gasteiger partial charge in [-0.15, -0.1) is 0 Å². The lowest BCUT2D eigenvalue weighted by Crippen LogP contribution is -2.10. The van der Waals surface area contributed by atoms with Crippen LogP contribution in [0.25, 0.3) is 22.6 Å². The molecule has 0 N–H and O–H groups in total. The molecule has 8 heteroatoms. The highest BCUT2D eigenvalue weighted by molar-refractivity contribution is 6.35. The third kappa shape index (κ3) is 3.88. The van der Waals surface area contributed by atoms with Crippen molar-refractivity contribution in [3.8, 4) is 11.5 Å². The second-order valence-electron chi connectivity index (χ2n) is 6.20. The molecule has 0 saturated carbocycles. The third-order valence-corrected chi connectivity index (χ3v) is 4.65. The number of aryl methyl sites for hydroxylation is 1. The van der Waals surface area contributed by atoms with Gasteiger partial charge in [-0.25, -0.2) is 14.8 Å². The maximum absolute atomic E-state index is 12.3. The second kappa shape index (κ2) is 7.66. The molecule has 6 nitrogen and oxygen atoms in total. The lowest BCUT2D eigenvalue weighted by Gasteiger charge is -2.05. The summed E-state index contributed by atoms with van der Waals surface area (Å²) in [7, 11) is 1.90. The molecule has 0 spiro atoms. The van der Waals surface area contributed by atoms with Gasteiger partial charge in [0.15, 0.2) is 5.58 Å². The number of oxazole rings is 1. The number of aromatic nitrogens is 3. The molecule has 0 atom stereocenters. The Morgan fingerprint density at radius 2 is 1.96 bits per heavy atom. The summed E-state index contributed by atoms with van der Waals surface area (Å²) in [4.78, 5) is 20.9. The van der Waals surface area contributed by atoms with Crippen molar-refractivity contribution in [2.75, 3.05) is 6.61 Å². The van der Waals surface area contributed by atoms with E-state index in [9.17, 15) is 4.79 Å². The van der Waals surface area contributed by atoms with E-state index in [0.29, 0.717) is 44.6 Å². The van der Waals surface area contributed by atoms with Crippen molar-refractivity contribution in [3.63, 3.8) is 0 Å². The van der Waals surface area contributed by atoms with E-state index in [1.54, 1.807) is 42.6 Å². The van der Waals surface area contributed by atoms with Gasteiger partial charge in [0, 0.05) is 41.5 Å². The summed E-state index contributed by atoms with van der Waals surface area (Å²) >= 11 is 12.1. The minimum Gasteiger partial charge on any atom is -0.462 e. The molecule has 28 heavy (non-hydrogen) atoms. The first-order valence-corrected chi connectivity index (χ1v) is 9.25. The molecule has 0 fully saturated rings. The van der Waals surface area contributed by atoms with E-state index < -0.39 is 5.97 Å². The number of rotatable bonds is 5. The molecule has 2 heterocycles. The molecular weight excluding hydrogens is 401 g/mol. The highest BCUT2D eigenvalue weighted by Gasteiger charge is 2.14. The van der Waals surface area contributed by atoms with Gasteiger partial charge >= 0.3 is 5.97 Å². The second-order valence-corrected chi connectivity index (χ2v) is 7.07. The number of imidazole rings is 1. The summed E-state index contributed by atoms with van der Waals surface area (Å²) in [5, 5.41) is 0.975. The molecule has 2 aromatic heterocycles. The van der Waals surface area contributed by atoms with E-state index in [1.165, 1.54) is 0 Å². The minimum atomic E-state index is -0.431. The molecule has 0 unspecified atom stereocenters. The van der Waals surface area contributed by atoms with Crippen molar-refractivity contribution in [2.45, 2.75) is 6.42 Å². The molecule has 0 aliphatic rings. The Bertz CT molecular complexity index is 1150. The zero-order chi connectivity index (χ0) is 19.7. The monoisotopic (exact) mass is 415 g/mol. The van der Waals surface area contributed by atoms with E-state index in [1.807, 2.05) is 17.8 Å². The third-order valence-electron chi connectivity index (χ3n) is 4.21. The van der Waals surface area contributed by atoms with Crippen LogP contribution in [0.15, 0.2) is 53.2 Å². The summed E-state index contributed by atoms with van der Waals surface area (Å²) in [6, 6.07) is 10.0. The average Bonchev–Trinajstić information content (AvgIpc) is 3.26. The fraction of sp³-hybridized carbons (Fsp3) is 0.150. The fourth-order valence-electron chi connectivity index (χ4n) is 2.81. The lowest BCUT2D eigenvalue weighted by molar-refractivity contribution is 0.0507. The molecular formula is C20H15Cl2N3O3. The van der Waals surface area contributed by atoms with Crippen LogP contribution < -0.4 is 0 Å². The molecule has 2 aromatic carbocycles. The van der Waals surface area contributed by atoms with Crippen LogP contribution in [0, 0.1) is 0 Å². The number of hydrogen-bond acceptors (Lipinski definition) is 5. The van der Waals surface area contributed by atoms with Crippen LogP contribution in [0.2, 0.25) is 10.0 Å². The number of ether oxygens (including phenoxy) is 1. The molecule has 4 aromatic rings. The Labute approximate surface area is 170 Å². The Balaban J connectivity index is 1.51. The van der Waals surface area contributed by atoms with Crippen molar-refractivity contribution in [1.82, 2.24) is 14.5 Å². The number of nitrogens with zero attached hydrogens (tertiary/aromatic N) is 3. The van der Waals surface area contributed by atoms with Crippen LogP contribution in [0.3, 0.4) is 0 Å². The Kier molecular flexibility index (Phi) is 5.07. The van der Waals surface area contributed by atoms with Crippen molar-refractivity contribution in [3.05, 3.63) is 70.2 Å². The van der Waals surface area contributed by atoms with Gasteiger partial charge in [0.25, 0.3) is 0 Å². The van der Waals surface area contributed by atoms with Crippen LogP contribution in [0.5, 0.6) is 0 Å². The molecule has 0 aliphatic carbocycles. The number of carbonyl (C=O) groups is 1. The first-order chi connectivity index (χ1) is 13.5. The number of esters is 1. The molecule has 0 radical (unpaired) electrons. The van der Waals surface area contributed by atoms with E-state index in [0.717, 1.165) is 5.82 Å². The predicted octanol–water partition coefficient (Wildman–Crippen LogP) is 4.93. The van der Waals surface area contributed by atoms with E-state index in [4.69, 9.17) is 32.4 Å². The Morgan fingerprint density at radius 1 is 1.18 bits per heavy atom. The van der Waals surface area contributed by atoms with Gasteiger partial charge in [-0.3, -0.25) is 0 Å². The maximum Gasteiger partial charge on any atom is 0.338 e. The van der Waals surface area contributed by atoms with Gasteiger partial charge in [-0.05, 0) is 36.4 Å². The van der Waals surface area contributed by atoms with Crippen LogP contribution in [0.4, 0.5) is 0 Å². The normalized spacial score (nSPS) is 11.1. The molecule has 0 amide bonds. The predicted molar refractivity (Wildman–Crippen MR) is 107 cm³/mol. The molecule has 0 aliphatic heterocycles. The smallest absolute Gasteiger partial charge is 0.338 e. The summed E-state index contributed by atoms with van der Waals surface area (Å²) < 4.78 is 13.0. The van der Waals surface area contributed by atoms with Crippen molar-refractivity contribution in [1.29, 1.82) is 0 Å². The molecule has 0 bridgehead atoms. The summed E-state index contributed by atoms with van der Waals surface area (Å²) in [5.41, 5.74) is 2.15. The van der Waals surface area contributed by atoms with Crippen LogP contribution in [-0.2, 0) is 18.2 Å². The van der Waals surface area contributed by atoms with Crippen molar-refractivity contribution >= 4 is 40.3 Å². The van der Waals surface area contributed by atoms with Gasteiger partial charge in [0.2, 0.25) is 5.89 Å². The fourth-order valence-corrected chi connectivity index (χ4v) is 3.33.